The zero-order valence-electron chi connectivity index (χ0n) is 10.1. The van der Waals surface area contributed by atoms with Gasteiger partial charge in [0.2, 0.25) is 0 Å². The standard InChI is InChI=1S/C7H12O2.C6H5NO2/c8-7(9)6-4-2-1-3-5-6;8-6(9)5-2-1-3-7-4-5/h6H,1-5H2,(H,8,9);1-4H,(H,8,9). The van der Waals surface area contributed by atoms with Gasteiger partial charge < -0.3 is 10.2 Å². The van der Waals surface area contributed by atoms with Crippen LogP contribution in [0.4, 0.5) is 0 Å². The second kappa shape index (κ2) is 7.42. The van der Waals surface area contributed by atoms with E-state index in [9.17, 15) is 9.59 Å². The van der Waals surface area contributed by atoms with Crippen LogP contribution in [0.25, 0.3) is 0 Å². The molecule has 1 saturated carbocycles. The predicted octanol–water partition coefficient (Wildman–Crippen LogP) is 2.43. The van der Waals surface area contributed by atoms with Crippen LogP contribution in [0.5, 0.6) is 0 Å². The van der Waals surface area contributed by atoms with Crippen LogP contribution in [0, 0.1) is 5.92 Å². The second-order valence-corrected chi connectivity index (χ2v) is 4.22. The smallest absolute Gasteiger partial charge is 0.337 e. The van der Waals surface area contributed by atoms with Gasteiger partial charge in [-0.15, -0.1) is 0 Å². The maximum Gasteiger partial charge on any atom is 0.337 e. The van der Waals surface area contributed by atoms with Crippen molar-refractivity contribution in [2.24, 2.45) is 5.92 Å². The fourth-order valence-corrected chi connectivity index (χ4v) is 1.84. The van der Waals surface area contributed by atoms with Crippen LogP contribution in [-0.4, -0.2) is 27.1 Å². The van der Waals surface area contributed by atoms with Gasteiger partial charge in [0, 0.05) is 12.4 Å². The largest absolute Gasteiger partial charge is 0.481 e. The third kappa shape index (κ3) is 4.95. The molecule has 1 heterocycles. The zero-order chi connectivity index (χ0) is 13.4. The number of nitrogens with zero attached hydrogens (tertiary/aromatic N) is 1. The Labute approximate surface area is 105 Å². The molecule has 0 amide bonds. The molecule has 0 bridgehead atoms. The molecule has 0 saturated heterocycles. The minimum atomic E-state index is -0.942. The molecule has 1 aliphatic rings. The van der Waals surface area contributed by atoms with Gasteiger partial charge in [-0.2, -0.15) is 0 Å². The SMILES string of the molecule is O=C(O)C1CCCCC1.O=C(O)c1cccnc1. The van der Waals surface area contributed by atoms with E-state index in [2.05, 4.69) is 4.98 Å². The van der Waals surface area contributed by atoms with Crippen LogP contribution in [0.15, 0.2) is 24.5 Å². The van der Waals surface area contributed by atoms with E-state index in [0.29, 0.717) is 0 Å². The number of hydrogen-bond donors (Lipinski definition) is 2. The summed E-state index contributed by atoms with van der Waals surface area (Å²) in [4.78, 5) is 24.1. The molecular weight excluding hydrogens is 234 g/mol. The Bertz CT molecular complexity index is 385. The maximum atomic E-state index is 10.4. The highest BCUT2D eigenvalue weighted by atomic mass is 16.4. The normalized spacial score (nSPS) is 15.3. The lowest BCUT2D eigenvalue weighted by molar-refractivity contribution is -0.142. The zero-order valence-corrected chi connectivity index (χ0v) is 10.1. The van der Waals surface area contributed by atoms with E-state index >= 15 is 0 Å². The number of aromatic nitrogens is 1. The summed E-state index contributed by atoms with van der Waals surface area (Å²) in [7, 11) is 0. The van der Waals surface area contributed by atoms with Gasteiger partial charge in [-0.25, -0.2) is 4.79 Å². The van der Waals surface area contributed by atoms with Crippen LogP contribution in [0.3, 0.4) is 0 Å². The summed E-state index contributed by atoms with van der Waals surface area (Å²) in [5.41, 5.74) is 0.220. The molecule has 98 valence electrons. The molecule has 2 rings (SSSR count). The molecule has 0 radical (unpaired) electrons. The molecule has 1 aromatic rings. The summed E-state index contributed by atoms with van der Waals surface area (Å²) < 4.78 is 0. The Morgan fingerprint density at radius 3 is 2.17 bits per heavy atom. The Morgan fingerprint density at radius 2 is 1.83 bits per heavy atom. The molecule has 2 N–H and O–H groups in total. The third-order valence-electron chi connectivity index (χ3n) is 2.86. The monoisotopic (exact) mass is 251 g/mol. The summed E-state index contributed by atoms with van der Waals surface area (Å²) in [6.07, 6.45) is 8.08. The number of carboxylic acids is 2. The Balaban J connectivity index is 0.000000180. The summed E-state index contributed by atoms with van der Waals surface area (Å²) in [6.45, 7) is 0. The molecule has 0 aliphatic heterocycles. The summed E-state index contributed by atoms with van der Waals surface area (Å²) in [6, 6.07) is 3.08. The van der Waals surface area contributed by atoms with Crippen LogP contribution in [-0.2, 0) is 4.79 Å². The molecule has 0 aromatic carbocycles. The average Bonchev–Trinajstić information content (AvgIpc) is 2.41. The molecule has 1 fully saturated rings. The van der Waals surface area contributed by atoms with E-state index in [-0.39, 0.29) is 11.5 Å². The number of hydrogen-bond acceptors (Lipinski definition) is 3. The maximum absolute atomic E-state index is 10.4. The van der Waals surface area contributed by atoms with Crippen molar-refractivity contribution in [1.29, 1.82) is 0 Å². The number of aliphatic carboxylic acids is 1. The number of pyridine rings is 1. The number of rotatable bonds is 2. The fraction of sp³-hybridized carbons (Fsp3) is 0.462. The first kappa shape index (κ1) is 14.2. The van der Waals surface area contributed by atoms with E-state index in [4.69, 9.17) is 10.2 Å². The van der Waals surface area contributed by atoms with Crippen LogP contribution < -0.4 is 0 Å². The van der Waals surface area contributed by atoms with Crippen LogP contribution in [0.1, 0.15) is 42.5 Å². The van der Waals surface area contributed by atoms with Crippen molar-refractivity contribution < 1.29 is 19.8 Å². The predicted molar refractivity (Wildman–Crippen MR) is 65.4 cm³/mol. The average molecular weight is 251 g/mol. The highest BCUT2D eigenvalue weighted by Crippen LogP contribution is 2.23. The number of aromatic carboxylic acids is 1. The number of carboxylic acid groups (broad SMARTS) is 2. The van der Waals surface area contributed by atoms with E-state index in [1.807, 2.05) is 0 Å². The van der Waals surface area contributed by atoms with Crippen molar-refractivity contribution in [2.45, 2.75) is 32.1 Å². The van der Waals surface area contributed by atoms with Crippen molar-refractivity contribution in [3.05, 3.63) is 30.1 Å². The molecule has 5 nitrogen and oxygen atoms in total. The molecule has 1 aliphatic carbocycles. The topological polar surface area (TPSA) is 87.5 Å². The molecule has 0 unspecified atom stereocenters. The first-order valence-electron chi connectivity index (χ1n) is 5.97. The van der Waals surface area contributed by atoms with Gasteiger partial charge in [-0.05, 0) is 25.0 Å². The Hall–Kier alpha value is -1.91. The lowest BCUT2D eigenvalue weighted by Crippen LogP contribution is -2.16. The minimum Gasteiger partial charge on any atom is -0.481 e. The third-order valence-corrected chi connectivity index (χ3v) is 2.86. The van der Waals surface area contributed by atoms with Gasteiger partial charge >= 0.3 is 11.9 Å². The Kier molecular flexibility index (Phi) is 5.84. The van der Waals surface area contributed by atoms with Crippen molar-refractivity contribution >= 4 is 11.9 Å². The molecular formula is C13H17NO4. The van der Waals surface area contributed by atoms with E-state index < -0.39 is 11.9 Å². The summed E-state index contributed by atoms with van der Waals surface area (Å²) in [5.74, 6) is -1.57. The van der Waals surface area contributed by atoms with Gasteiger partial charge in [0.1, 0.15) is 0 Å². The van der Waals surface area contributed by atoms with Gasteiger partial charge in [-0.1, -0.05) is 19.3 Å². The van der Waals surface area contributed by atoms with Crippen molar-refractivity contribution in [3.8, 4) is 0 Å². The quantitative estimate of drug-likeness (QED) is 0.842. The molecule has 0 spiro atoms. The summed E-state index contributed by atoms with van der Waals surface area (Å²) >= 11 is 0. The van der Waals surface area contributed by atoms with E-state index in [1.54, 1.807) is 6.07 Å². The second-order valence-electron chi connectivity index (χ2n) is 4.22. The lowest BCUT2D eigenvalue weighted by atomic mass is 9.90. The highest BCUT2D eigenvalue weighted by Gasteiger charge is 2.19. The van der Waals surface area contributed by atoms with Gasteiger partial charge in [0.15, 0.2) is 0 Å². The lowest BCUT2D eigenvalue weighted by Gasteiger charge is -2.16. The first-order valence-corrected chi connectivity index (χ1v) is 5.97. The van der Waals surface area contributed by atoms with Crippen molar-refractivity contribution in [1.82, 2.24) is 4.98 Å². The van der Waals surface area contributed by atoms with E-state index in [1.165, 1.54) is 24.9 Å². The molecule has 5 heteroatoms. The summed E-state index contributed by atoms with van der Waals surface area (Å²) in [5, 5.41) is 16.9. The Morgan fingerprint density at radius 1 is 1.17 bits per heavy atom. The van der Waals surface area contributed by atoms with Crippen molar-refractivity contribution in [2.75, 3.05) is 0 Å². The molecule has 18 heavy (non-hydrogen) atoms. The van der Waals surface area contributed by atoms with Gasteiger partial charge in [-0.3, -0.25) is 9.78 Å². The number of carbonyl (C=O) groups is 2. The van der Waals surface area contributed by atoms with Gasteiger partial charge in [0.25, 0.3) is 0 Å². The van der Waals surface area contributed by atoms with E-state index in [0.717, 1.165) is 25.7 Å². The highest BCUT2D eigenvalue weighted by molar-refractivity contribution is 5.86. The van der Waals surface area contributed by atoms with Crippen LogP contribution in [0.2, 0.25) is 0 Å². The first-order chi connectivity index (χ1) is 8.61. The van der Waals surface area contributed by atoms with Gasteiger partial charge in [0.05, 0.1) is 11.5 Å². The minimum absolute atomic E-state index is 0.0289. The fourth-order valence-electron chi connectivity index (χ4n) is 1.84. The molecule has 0 atom stereocenters. The van der Waals surface area contributed by atoms with Crippen LogP contribution >= 0.6 is 0 Å². The van der Waals surface area contributed by atoms with Crippen molar-refractivity contribution in [3.63, 3.8) is 0 Å². The molecule has 1 aromatic heterocycles.